The van der Waals surface area contributed by atoms with Crippen LogP contribution in [0.5, 0.6) is 0 Å². The third kappa shape index (κ3) is 3.21. The molecule has 0 aromatic heterocycles. The Hall–Kier alpha value is 0.470. The zero-order chi connectivity index (χ0) is 11.3. The molecular weight excluding hydrogens is 339 g/mol. The van der Waals surface area contributed by atoms with E-state index >= 15 is 0 Å². The molecule has 0 nitrogen and oxygen atoms in total. The summed E-state index contributed by atoms with van der Waals surface area (Å²) in [5, 5.41) is 2.73. The van der Waals surface area contributed by atoms with Crippen molar-refractivity contribution in [2.75, 3.05) is 10.7 Å². The van der Waals surface area contributed by atoms with Gasteiger partial charge in [-0.15, -0.1) is 0 Å². The van der Waals surface area contributed by atoms with E-state index in [9.17, 15) is 0 Å². The van der Waals surface area contributed by atoms with Crippen LogP contribution in [0.3, 0.4) is 0 Å². The Kier molecular flexibility index (Phi) is 5.65. The molecule has 0 aliphatic carbocycles. The second-order valence-corrected chi connectivity index (χ2v) is 5.37. The van der Waals surface area contributed by atoms with Crippen LogP contribution in [-0.2, 0) is 5.41 Å². The first kappa shape index (κ1) is 13.5. The zero-order valence-corrected chi connectivity index (χ0v) is 12.7. The van der Waals surface area contributed by atoms with E-state index in [4.69, 9.17) is 11.6 Å². The summed E-state index contributed by atoms with van der Waals surface area (Å²) < 4.78 is 0. The molecule has 0 N–H and O–H groups in total. The van der Waals surface area contributed by atoms with Crippen LogP contribution < -0.4 is 0 Å². The van der Waals surface area contributed by atoms with Gasteiger partial charge >= 0.3 is 0 Å². The standard InChI is InChI=1S/C12H15Br2Cl/c1-2-6-12(8-13,9-14)10-4-3-5-11(15)7-10/h3-5,7H,2,6,8-9H2,1H3. The van der Waals surface area contributed by atoms with E-state index in [1.54, 1.807) is 0 Å². The second kappa shape index (κ2) is 6.27. The molecule has 0 aliphatic heterocycles. The summed E-state index contributed by atoms with van der Waals surface area (Å²) in [6.07, 6.45) is 2.33. The maximum Gasteiger partial charge on any atom is 0.0408 e. The summed E-state index contributed by atoms with van der Waals surface area (Å²) >= 11 is 13.3. The van der Waals surface area contributed by atoms with Crippen molar-refractivity contribution in [1.82, 2.24) is 0 Å². The second-order valence-electron chi connectivity index (χ2n) is 3.81. The van der Waals surface area contributed by atoms with Crippen LogP contribution in [0, 0.1) is 0 Å². The minimum Gasteiger partial charge on any atom is -0.0918 e. The zero-order valence-electron chi connectivity index (χ0n) is 8.77. The highest BCUT2D eigenvalue weighted by atomic mass is 79.9. The van der Waals surface area contributed by atoms with E-state index in [1.807, 2.05) is 12.1 Å². The van der Waals surface area contributed by atoms with Crippen LogP contribution in [0.1, 0.15) is 25.3 Å². The lowest BCUT2D eigenvalue weighted by molar-refractivity contribution is 0.497. The monoisotopic (exact) mass is 352 g/mol. The molecule has 15 heavy (non-hydrogen) atoms. The number of benzene rings is 1. The number of rotatable bonds is 5. The van der Waals surface area contributed by atoms with Crippen LogP contribution in [0.4, 0.5) is 0 Å². The molecular formula is C12H15Br2Cl. The molecule has 0 atom stereocenters. The Labute approximate surface area is 114 Å². The summed E-state index contributed by atoms with van der Waals surface area (Å²) in [6, 6.07) is 8.17. The Morgan fingerprint density at radius 1 is 1.27 bits per heavy atom. The average Bonchev–Trinajstić information content (AvgIpc) is 2.26. The summed E-state index contributed by atoms with van der Waals surface area (Å²) in [7, 11) is 0. The van der Waals surface area contributed by atoms with Gasteiger partial charge in [-0.05, 0) is 24.1 Å². The van der Waals surface area contributed by atoms with E-state index in [0.29, 0.717) is 0 Å². The number of alkyl halides is 2. The smallest absolute Gasteiger partial charge is 0.0408 e. The van der Waals surface area contributed by atoms with Crippen molar-refractivity contribution in [3.8, 4) is 0 Å². The van der Waals surface area contributed by atoms with Crippen molar-refractivity contribution in [3.63, 3.8) is 0 Å². The maximum atomic E-state index is 6.03. The van der Waals surface area contributed by atoms with Gasteiger partial charge in [-0.25, -0.2) is 0 Å². The molecule has 1 aromatic carbocycles. The largest absolute Gasteiger partial charge is 0.0918 e. The van der Waals surface area contributed by atoms with Gasteiger partial charge in [0.15, 0.2) is 0 Å². The van der Waals surface area contributed by atoms with Gasteiger partial charge in [0.25, 0.3) is 0 Å². The molecule has 0 amide bonds. The van der Waals surface area contributed by atoms with E-state index in [1.165, 1.54) is 12.0 Å². The molecule has 1 aromatic rings. The lowest BCUT2D eigenvalue weighted by Gasteiger charge is -2.30. The summed E-state index contributed by atoms with van der Waals surface area (Å²) in [5.74, 6) is 0. The van der Waals surface area contributed by atoms with Gasteiger partial charge in [0.2, 0.25) is 0 Å². The van der Waals surface area contributed by atoms with Crippen LogP contribution in [0.25, 0.3) is 0 Å². The van der Waals surface area contributed by atoms with Gasteiger partial charge in [-0.2, -0.15) is 0 Å². The van der Waals surface area contributed by atoms with Gasteiger partial charge < -0.3 is 0 Å². The highest BCUT2D eigenvalue weighted by Crippen LogP contribution is 2.34. The van der Waals surface area contributed by atoms with E-state index in [2.05, 4.69) is 50.9 Å². The molecule has 0 bridgehead atoms. The van der Waals surface area contributed by atoms with Crippen molar-refractivity contribution in [3.05, 3.63) is 34.9 Å². The lowest BCUT2D eigenvalue weighted by Crippen LogP contribution is -2.29. The van der Waals surface area contributed by atoms with Crippen molar-refractivity contribution in [2.24, 2.45) is 0 Å². The van der Waals surface area contributed by atoms with Gasteiger partial charge in [0, 0.05) is 21.1 Å². The first-order valence-electron chi connectivity index (χ1n) is 5.06. The SMILES string of the molecule is CCCC(CBr)(CBr)c1cccc(Cl)c1. The highest BCUT2D eigenvalue weighted by Gasteiger charge is 2.29. The summed E-state index contributed by atoms with van der Waals surface area (Å²) in [6.45, 7) is 2.21. The van der Waals surface area contributed by atoms with E-state index in [0.717, 1.165) is 22.1 Å². The summed E-state index contributed by atoms with van der Waals surface area (Å²) in [5.41, 5.74) is 1.48. The average molecular weight is 355 g/mol. The molecule has 0 saturated heterocycles. The fourth-order valence-electron chi connectivity index (χ4n) is 1.76. The first-order valence-corrected chi connectivity index (χ1v) is 7.68. The van der Waals surface area contributed by atoms with Crippen LogP contribution >= 0.6 is 43.5 Å². The molecule has 0 fully saturated rings. The minimum atomic E-state index is 0.166. The molecule has 0 spiro atoms. The molecule has 0 heterocycles. The molecule has 84 valence electrons. The molecule has 0 saturated carbocycles. The fourth-order valence-corrected chi connectivity index (χ4v) is 4.09. The predicted molar refractivity (Wildman–Crippen MR) is 75.6 cm³/mol. The molecule has 0 radical (unpaired) electrons. The quantitative estimate of drug-likeness (QED) is 0.640. The molecule has 0 unspecified atom stereocenters. The highest BCUT2D eigenvalue weighted by molar-refractivity contribution is 9.09. The molecule has 0 aliphatic rings. The van der Waals surface area contributed by atoms with Crippen molar-refractivity contribution < 1.29 is 0 Å². The fraction of sp³-hybridized carbons (Fsp3) is 0.500. The topological polar surface area (TPSA) is 0 Å². The van der Waals surface area contributed by atoms with Gasteiger partial charge in [0.1, 0.15) is 0 Å². The van der Waals surface area contributed by atoms with Crippen LogP contribution in [-0.4, -0.2) is 10.7 Å². The van der Waals surface area contributed by atoms with Crippen molar-refractivity contribution in [2.45, 2.75) is 25.2 Å². The molecule has 1 rings (SSSR count). The van der Waals surface area contributed by atoms with Gasteiger partial charge in [-0.1, -0.05) is 68.9 Å². The molecule has 3 heteroatoms. The number of hydrogen-bond donors (Lipinski definition) is 0. The van der Waals surface area contributed by atoms with Crippen LogP contribution in [0.15, 0.2) is 24.3 Å². The van der Waals surface area contributed by atoms with Gasteiger partial charge in [0.05, 0.1) is 0 Å². The predicted octanol–water partition coefficient (Wildman–Crippen LogP) is 5.17. The Morgan fingerprint density at radius 3 is 2.40 bits per heavy atom. The minimum absolute atomic E-state index is 0.166. The van der Waals surface area contributed by atoms with Crippen molar-refractivity contribution in [1.29, 1.82) is 0 Å². The van der Waals surface area contributed by atoms with Crippen LogP contribution in [0.2, 0.25) is 5.02 Å². The Balaban J connectivity index is 3.07. The summed E-state index contributed by atoms with van der Waals surface area (Å²) in [4.78, 5) is 0. The third-order valence-electron chi connectivity index (χ3n) is 2.68. The van der Waals surface area contributed by atoms with E-state index < -0.39 is 0 Å². The lowest BCUT2D eigenvalue weighted by atomic mass is 9.81. The van der Waals surface area contributed by atoms with Gasteiger partial charge in [-0.3, -0.25) is 0 Å². The normalized spacial score (nSPS) is 11.7. The van der Waals surface area contributed by atoms with E-state index in [-0.39, 0.29) is 5.41 Å². The number of halogens is 3. The third-order valence-corrected chi connectivity index (χ3v) is 5.06. The Morgan fingerprint density at radius 2 is 1.93 bits per heavy atom. The first-order chi connectivity index (χ1) is 7.18. The van der Waals surface area contributed by atoms with Crippen molar-refractivity contribution >= 4 is 43.5 Å². The Bertz CT molecular complexity index is 308. The maximum absolute atomic E-state index is 6.03. The number of hydrogen-bond acceptors (Lipinski definition) is 0.